The average molecular weight is 264 g/mol. The molecule has 19 heavy (non-hydrogen) atoms. The molecule has 1 atom stereocenters. The van der Waals surface area contributed by atoms with E-state index >= 15 is 0 Å². The zero-order chi connectivity index (χ0) is 13.9. The van der Waals surface area contributed by atoms with Gasteiger partial charge in [-0.3, -0.25) is 4.98 Å². The van der Waals surface area contributed by atoms with Crippen LogP contribution in [0.3, 0.4) is 0 Å². The second kappa shape index (κ2) is 9.68. The van der Waals surface area contributed by atoms with Gasteiger partial charge in [0.1, 0.15) is 5.82 Å². The Labute approximate surface area is 116 Å². The summed E-state index contributed by atoms with van der Waals surface area (Å²) in [6.07, 6.45) is 10.1. The second-order valence-corrected chi connectivity index (χ2v) is 4.83. The fraction of sp³-hybridized carbons (Fsp3) is 0.562. The summed E-state index contributed by atoms with van der Waals surface area (Å²) in [6.45, 7) is 6.85. The number of nitrogens with one attached hydrogen (secondary N) is 1. The lowest BCUT2D eigenvalue weighted by molar-refractivity contribution is 0.461. The third-order valence-corrected chi connectivity index (χ3v) is 3.15. The Morgan fingerprint density at radius 3 is 2.84 bits per heavy atom. The molecule has 0 fully saturated rings. The topological polar surface area (TPSA) is 24.9 Å². The highest BCUT2D eigenvalue weighted by molar-refractivity contribution is 5.09. The Balaban J connectivity index is 2.46. The van der Waals surface area contributed by atoms with Crippen LogP contribution in [0, 0.1) is 5.82 Å². The Bertz CT molecular complexity index is 348. The first kappa shape index (κ1) is 15.8. The van der Waals surface area contributed by atoms with Gasteiger partial charge in [0.25, 0.3) is 0 Å². The minimum atomic E-state index is -0.274. The van der Waals surface area contributed by atoms with Crippen LogP contribution < -0.4 is 5.32 Å². The molecule has 0 saturated carbocycles. The molecule has 0 aliphatic heterocycles. The van der Waals surface area contributed by atoms with E-state index in [2.05, 4.69) is 23.8 Å². The molecule has 0 amide bonds. The van der Waals surface area contributed by atoms with Gasteiger partial charge in [-0.05, 0) is 44.4 Å². The summed E-state index contributed by atoms with van der Waals surface area (Å²) in [7, 11) is 0. The number of pyridine rings is 1. The van der Waals surface area contributed by atoms with E-state index in [1.807, 2.05) is 6.08 Å². The maximum atomic E-state index is 12.9. The zero-order valence-corrected chi connectivity index (χ0v) is 11.9. The maximum absolute atomic E-state index is 12.9. The number of hydrogen-bond donors (Lipinski definition) is 1. The summed E-state index contributed by atoms with van der Waals surface area (Å²) in [4.78, 5) is 4.19. The van der Waals surface area contributed by atoms with Gasteiger partial charge in [0.2, 0.25) is 0 Å². The van der Waals surface area contributed by atoms with E-state index < -0.39 is 0 Å². The molecule has 1 aromatic rings. The van der Waals surface area contributed by atoms with Gasteiger partial charge in [-0.1, -0.05) is 25.8 Å². The summed E-state index contributed by atoms with van der Waals surface area (Å²) >= 11 is 0. The largest absolute Gasteiger partial charge is 0.309 e. The molecule has 0 aliphatic rings. The maximum Gasteiger partial charge on any atom is 0.141 e. The summed E-state index contributed by atoms with van der Waals surface area (Å²) in [5, 5.41) is 3.49. The van der Waals surface area contributed by atoms with Crippen LogP contribution in [0.2, 0.25) is 0 Å². The Morgan fingerprint density at radius 2 is 2.21 bits per heavy atom. The Morgan fingerprint density at radius 1 is 1.37 bits per heavy atom. The number of halogens is 1. The molecule has 1 rings (SSSR count). The summed E-state index contributed by atoms with van der Waals surface area (Å²) < 4.78 is 12.9. The van der Waals surface area contributed by atoms with E-state index in [-0.39, 0.29) is 11.9 Å². The highest BCUT2D eigenvalue weighted by Crippen LogP contribution is 2.18. The number of rotatable bonds is 10. The molecule has 2 nitrogen and oxygen atoms in total. The SMILES string of the molecule is C=CCCCCCC(NCCC)c1ccc(F)cn1. The number of allylic oxidation sites excluding steroid dienone is 1. The molecule has 0 spiro atoms. The van der Waals surface area contributed by atoms with Crippen LogP contribution in [0.1, 0.15) is 57.2 Å². The van der Waals surface area contributed by atoms with Crippen LogP contribution in [0.4, 0.5) is 4.39 Å². The highest BCUT2D eigenvalue weighted by Gasteiger charge is 2.11. The van der Waals surface area contributed by atoms with Crippen molar-refractivity contribution in [2.45, 2.75) is 51.5 Å². The fourth-order valence-corrected chi connectivity index (χ4v) is 2.08. The van der Waals surface area contributed by atoms with Crippen molar-refractivity contribution in [2.75, 3.05) is 6.54 Å². The first-order chi connectivity index (χ1) is 9.27. The van der Waals surface area contributed by atoms with Gasteiger partial charge in [-0.25, -0.2) is 4.39 Å². The molecule has 1 unspecified atom stereocenters. The predicted molar refractivity (Wildman–Crippen MR) is 78.5 cm³/mol. The molecule has 1 N–H and O–H groups in total. The normalized spacial score (nSPS) is 12.3. The molecule has 0 aromatic carbocycles. The molecule has 0 saturated heterocycles. The smallest absolute Gasteiger partial charge is 0.141 e. The molecule has 0 bridgehead atoms. The van der Waals surface area contributed by atoms with Crippen molar-refractivity contribution in [3.05, 3.63) is 42.5 Å². The van der Waals surface area contributed by atoms with Crippen LogP contribution in [0.5, 0.6) is 0 Å². The lowest BCUT2D eigenvalue weighted by atomic mass is 10.0. The molecule has 1 heterocycles. The third kappa shape index (κ3) is 6.48. The van der Waals surface area contributed by atoms with E-state index in [0.717, 1.165) is 37.9 Å². The molecule has 106 valence electrons. The lowest BCUT2D eigenvalue weighted by Crippen LogP contribution is -2.23. The monoisotopic (exact) mass is 264 g/mol. The number of nitrogens with zero attached hydrogens (tertiary/aromatic N) is 1. The molecular formula is C16H25FN2. The average Bonchev–Trinajstić information content (AvgIpc) is 2.43. The quantitative estimate of drug-likeness (QED) is 0.500. The number of unbranched alkanes of at least 4 members (excludes halogenated alkanes) is 3. The van der Waals surface area contributed by atoms with Crippen molar-refractivity contribution in [3.63, 3.8) is 0 Å². The van der Waals surface area contributed by atoms with E-state index in [0.29, 0.717) is 0 Å². The van der Waals surface area contributed by atoms with Crippen molar-refractivity contribution in [1.82, 2.24) is 10.3 Å². The fourth-order valence-electron chi connectivity index (χ4n) is 2.08. The lowest BCUT2D eigenvalue weighted by Gasteiger charge is -2.18. The van der Waals surface area contributed by atoms with Crippen molar-refractivity contribution in [3.8, 4) is 0 Å². The highest BCUT2D eigenvalue weighted by atomic mass is 19.1. The van der Waals surface area contributed by atoms with Crippen molar-refractivity contribution >= 4 is 0 Å². The van der Waals surface area contributed by atoms with Gasteiger partial charge >= 0.3 is 0 Å². The van der Waals surface area contributed by atoms with Crippen LogP contribution >= 0.6 is 0 Å². The predicted octanol–water partition coefficient (Wildman–Crippen LogP) is 4.40. The van der Waals surface area contributed by atoms with E-state index in [9.17, 15) is 4.39 Å². The molecule has 3 heteroatoms. The molecular weight excluding hydrogens is 239 g/mol. The first-order valence-electron chi connectivity index (χ1n) is 7.23. The third-order valence-electron chi connectivity index (χ3n) is 3.15. The van der Waals surface area contributed by atoms with E-state index in [4.69, 9.17) is 0 Å². The van der Waals surface area contributed by atoms with Crippen molar-refractivity contribution in [1.29, 1.82) is 0 Å². The summed E-state index contributed by atoms with van der Waals surface area (Å²) in [5.41, 5.74) is 0.943. The Hall–Kier alpha value is -1.22. The van der Waals surface area contributed by atoms with Gasteiger partial charge in [0, 0.05) is 6.04 Å². The van der Waals surface area contributed by atoms with Gasteiger partial charge in [0.15, 0.2) is 0 Å². The first-order valence-corrected chi connectivity index (χ1v) is 7.23. The minimum Gasteiger partial charge on any atom is -0.309 e. The molecule has 0 radical (unpaired) electrons. The van der Waals surface area contributed by atoms with Gasteiger partial charge in [-0.15, -0.1) is 6.58 Å². The van der Waals surface area contributed by atoms with Crippen LogP contribution in [0.25, 0.3) is 0 Å². The van der Waals surface area contributed by atoms with Gasteiger partial charge in [0.05, 0.1) is 11.9 Å². The van der Waals surface area contributed by atoms with Crippen molar-refractivity contribution < 1.29 is 4.39 Å². The van der Waals surface area contributed by atoms with E-state index in [1.54, 1.807) is 6.07 Å². The number of aromatic nitrogens is 1. The second-order valence-electron chi connectivity index (χ2n) is 4.83. The standard InChI is InChI=1S/C16H25FN2/c1-3-5-6-7-8-9-15(18-12-4-2)16-11-10-14(17)13-19-16/h3,10-11,13,15,18H,1,4-9,12H2,2H3. The van der Waals surface area contributed by atoms with Crippen LogP contribution in [-0.4, -0.2) is 11.5 Å². The van der Waals surface area contributed by atoms with Gasteiger partial charge in [-0.2, -0.15) is 0 Å². The van der Waals surface area contributed by atoms with E-state index in [1.165, 1.54) is 25.1 Å². The molecule has 0 aliphatic carbocycles. The summed E-state index contributed by atoms with van der Waals surface area (Å²) in [5.74, 6) is -0.274. The van der Waals surface area contributed by atoms with Crippen LogP contribution in [0.15, 0.2) is 31.0 Å². The zero-order valence-electron chi connectivity index (χ0n) is 11.9. The number of hydrogen-bond acceptors (Lipinski definition) is 2. The van der Waals surface area contributed by atoms with Crippen LogP contribution in [-0.2, 0) is 0 Å². The van der Waals surface area contributed by atoms with Crippen molar-refractivity contribution in [2.24, 2.45) is 0 Å². The minimum absolute atomic E-state index is 0.240. The van der Waals surface area contributed by atoms with Gasteiger partial charge < -0.3 is 5.32 Å². The summed E-state index contributed by atoms with van der Waals surface area (Å²) in [6, 6.07) is 3.51. The molecule has 1 aromatic heterocycles. The Kier molecular flexibility index (Phi) is 8.07.